The van der Waals surface area contributed by atoms with Crippen molar-refractivity contribution in [3.05, 3.63) is 107 Å². The number of aryl methyl sites for hydroxylation is 2. The van der Waals surface area contributed by atoms with Gasteiger partial charge in [-0.2, -0.15) is 4.72 Å². The van der Waals surface area contributed by atoms with Crippen LogP contribution in [0, 0.1) is 13.8 Å². The van der Waals surface area contributed by atoms with Gasteiger partial charge in [0.15, 0.2) is 0 Å². The van der Waals surface area contributed by atoms with Crippen LogP contribution in [0.15, 0.2) is 83.2 Å². The van der Waals surface area contributed by atoms with E-state index in [1.165, 1.54) is 0 Å². The molecular weight excluding hydrogens is 456 g/mol. The van der Waals surface area contributed by atoms with Gasteiger partial charge in [-0.1, -0.05) is 84.1 Å². The van der Waals surface area contributed by atoms with Crippen molar-refractivity contribution in [2.75, 3.05) is 5.32 Å². The number of carbonyl (C=O) groups is 1. The Kier molecular flexibility index (Phi) is 6.64. The number of rotatable bonds is 7. The summed E-state index contributed by atoms with van der Waals surface area (Å²) in [6.07, 6.45) is 0. The second kappa shape index (κ2) is 9.62. The fraction of sp³-hybridized carbons (Fsp3) is 0.125. The molecule has 1 amide bonds. The smallest absolute Gasteiger partial charge is 0.270 e. The van der Waals surface area contributed by atoms with E-state index in [0.717, 1.165) is 33.6 Å². The Labute approximate surface area is 196 Å². The first-order chi connectivity index (χ1) is 15.8. The number of sulfonamides is 1. The Bertz CT molecular complexity index is 1390. The van der Waals surface area contributed by atoms with E-state index in [0.29, 0.717) is 5.56 Å². The van der Waals surface area contributed by atoms with E-state index < -0.39 is 16.1 Å². The molecule has 2 N–H and O–H groups in total. The van der Waals surface area contributed by atoms with Crippen molar-refractivity contribution in [2.45, 2.75) is 24.2 Å². The van der Waals surface area contributed by atoms with Gasteiger partial charge in [-0.3, -0.25) is 10.1 Å². The minimum absolute atomic E-state index is 0.107. The van der Waals surface area contributed by atoms with Crippen LogP contribution in [0.5, 0.6) is 0 Å². The van der Waals surface area contributed by atoms with Gasteiger partial charge in [-0.15, -0.1) is 10.2 Å². The van der Waals surface area contributed by atoms with Gasteiger partial charge in [-0.05, 0) is 42.2 Å². The lowest BCUT2D eigenvalue weighted by atomic mass is 9.96. The van der Waals surface area contributed by atoms with Crippen LogP contribution >= 0.6 is 11.3 Å². The van der Waals surface area contributed by atoms with Gasteiger partial charge in [0.2, 0.25) is 9.47 Å². The maximum Gasteiger partial charge on any atom is 0.270 e. The van der Waals surface area contributed by atoms with Crippen LogP contribution in [0.4, 0.5) is 5.13 Å². The van der Waals surface area contributed by atoms with Crippen molar-refractivity contribution in [3.63, 3.8) is 0 Å². The number of nitrogens with one attached hydrogen (secondary N) is 2. The minimum Gasteiger partial charge on any atom is -0.296 e. The van der Waals surface area contributed by atoms with Gasteiger partial charge in [0, 0.05) is 5.56 Å². The second-order valence-electron chi connectivity index (χ2n) is 7.46. The predicted octanol–water partition coefficient (Wildman–Crippen LogP) is 4.48. The largest absolute Gasteiger partial charge is 0.296 e. The maximum absolute atomic E-state index is 13.2. The van der Waals surface area contributed by atoms with Crippen LogP contribution < -0.4 is 10.0 Å². The molecule has 1 heterocycles. The van der Waals surface area contributed by atoms with Crippen molar-refractivity contribution < 1.29 is 13.2 Å². The Balaban J connectivity index is 1.60. The Hall–Kier alpha value is -3.40. The molecule has 7 nitrogen and oxygen atoms in total. The molecule has 3 aromatic carbocycles. The molecule has 0 saturated heterocycles. The zero-order valence-electron chi connectivity index (χ0n) is 18.0. The summed E-state index contributed by atoms with van der Waals surface area (Å²) in [5.41, 5.74) is 3.88. The lowest BCUT2D eigenvalue weighted by Crippen LogP contribution is -2.30. The number of benzene rings is 3. The molecule has 0 aliphatic rings. The first-order valence-electron chi connectivity index (χ1n) is 10.2. The topological polar surface area (TPSA) is 101 Å². The molecule has 0 aliphatic heterocycles. The number of amides is 1. The molecule has 33 heavy (non-hydrogen) atoms. The molecule has 0 spiro atoms. The van der Waals surface area contributed by atoms with Gasteiger partial charge in [0.05, 0.1) is 6.04 Å². The first kappa shape index (κ1) is 22.8. The number of hydrogen-bond acceptors (Lipinski definition) is 6. The molecule has 9 heteroatoms. The molecule has 0 saturated carbocycles. The van der Waals surface area contributed by atoms with E-state index in [1.54, 1.807) is 12.1 Å². The second-order valence-corrected chi connectivity index (χ2v) is 10.3. The Morgan fingerprint density at radius 2 is 1.48 bits per heavy atom. The van der Waals surface area contributed by atoms with Gasteiger partial charge in [0.25, 0.3) is 15.9 Å². The van der Waals surface area contributed by atoms with Crippen LogP contribution in [0.2, 0.25) is 0 Å². The van der Waals surface area contributed by atoms with Crippen molar-refractivity contribution in [1.29, 1.82) is 0 Å². The molecule has 1 aromatic heterocycles. The molecule has 0 radical (unpaired) electrons. The average molecular weight is 479 g/mol. The summed E-state index contributed by atoms with van der Waals surface area (Å²) in [4.78, 5) is 12.5. The van der Waals surface area contributed by atoms with Crippen LogP contribution in [-0.2, 0) is 10.0 Å². The van der Waals surface area contributed by atoms with Crippen LogP contribution in [-0.4, -0.2) is 24.5 Å². The third-order valence-electron chi connectivity index (χ3n) is 5.15. The summed E-state index contributed by atoms with van der Waals surface area (Å²) in [5.74, 6) is -0.372. The van der Waals surface area contributed by atoms with E-state index in [-0.39, 0.29) is 15.4 Å². The highest BCUT2D eigenvalue weighted by Gasteiger charge is 2.27. The standard InChI is InChI=1S/C24H22N4O3S2/c1-16-10-6-8-14-19(16)21(18-12-4-3-5-13-18)28-33(30,31)24-27-26-23(32-24)25-22(29)20-15-9-7-11-17(20)2/h3-15,21,28H,1-2H3,(H,25,26,29)/t21-/m0/s1. The highest BCUT2D eigenvalue weighted by Crippen LogP contribution is 2.28. The van der Waals surface area contributed by atoms with Gasteiger partial charge in [0.1, 0.15) is 0 Å². The number of aromatic nitrogens is 2. The summed E-state index contributed by atoms with van der Waals surface area (Å²) in [6.45, 7) is 3.76. The highest BCUT2D eigenvalue weighted by molar-refractivity contribution is 7.91. The lowest BCUT2D eigenvalue weighted by Gasteiger charge is -2.20. The summed E-state index contributed by atoms with van der Waals surface area (Å²) in [7, 11) is -4.02. The van der Waals surface area contributed by atoms with E-state index >= 15 is 0 Å². The van der Waals surface area contributed by atoms with Gasteiger partial charge >= 0.3 is 0 Å². The lowest BCUT2D eigenvalue weighted by molar-refractivity contribution is 0.102. The SMILES string of the molecule is Cc1ccccc1C(=O)Nc1nnc(S(=O)(=O)N[C@@H](c2ccccc2)c2ccccc2C)s1. The number of hydrogen-bond donors (Lipinski definition) is 2. The number of nitrogens with zero attached hydrogens (tertiary/aromatic N) is 2. The first-order valence-corrected chi connectivity index (χ1v) is 12.5. The quantitative estimate of drug-likeness (QED) is 0.382. The molecule has 168 valence electrons. The van der Waals surface area contributed by atoms with Crippen LogP contribution in [0.25, 0.3) is 0 Å². The van der Waals surface area contributed by atoms with Crippen molar-refractivity contribution in [2.24, 2.45) is 0 Å². The van der Waals surface area contributed by atoms with Crippen molar-refractivity contribution in [1.82, 2.24) is 14.9 Å². The number of anilines is 1. The zero-order valence-corrected chi connectivity index (χ0v) is 19.7. The fourth-order valence-corrected chi connectivity index (χ4v) is 5.55. The third kappa shape index (κ3) is 5.16. The average Bonchev–Trinajstić information content (AvgIpc) is 3.28. The minimum atomic E-state index is -4.02. The normalized spacial score (nSPS) is 12.3. The van der Waals surface area contributed by atoms with Crippen molar-refractivity contribution in [3.8, 4) is 0 Å². The summed E-state index contributed by atoms with van der Waals surface area (Å²) in [6, 6.07) is 23.4. The van der Waals surface area contributed by atoms with Gasteiger partial charge in [-0.25, -0.2) is 8.42 Å². The Morgan fingerprint density at radius 1 is 0.848 bits per heavy atom. The molecular formula is C24H22N4O3S2. The summed E-state index contributed by atoms with van der Waals surface area (Å²) in [5, 5.41) is 10.4. The molecule has 0 fully saturated rings. The molecule has 4 aromatic rings. The van der Waals surface area contributed by atoms with Crippen LogP contribution in [0.1, 0.15) is 38.7 Å². The molecule has 0 bridgehead atoms. The molecule has 0 aliphatic carbocycles. The summed E-state index contributed by atoms with van der Waals surface area (Å²) < 4.78 is 28.9. The van der Waals surface area contributed by atoms with Crippen LogP contribution in [0.3, 0.4) is 0 Å². The van der Waals surface area contributed by atoms with E-state index in [4.69, 9.17) is 0 Å². The summed E-state index contributed by atoms with van der Waals surface area (Å²) >= 11 is 0.801. The zero-order chi connectivity index (χ0) is 23.4. The Morgan fingerprint density at radius 3 is 2.18 bits per heavy atom. The highest BCUT2D eigenvalue weighted by atomic mass is 32.2. The fourth-order valence-electron chi connectivity index (χ4n) is 3.43. The van der Waals surface area contributed by atoms with Crippen molar-refractivity contribution >= 4 is 32.4 Å². The van der Waals surface area contributed by atoms with E-state index in [2.05, 4.69) is 20.2 Å². The third-order valence-corrected chi connectivity index (χ3v) is 7.78. The molecule has 0 unspecified atom stereocenters. The monoisotopic (exact) mass is 478 g/mol. The number of carbonyl (C=O) groups excluding carboxylic acids is 1. The molecule has 1 atom stereocenters. The maximum atomic E-state index is 13.2. The van der Waals surface area contributed by atoms with Gasteiger partial charge < -0.3 is 0 Å². The van der Waals surface area contributed by atoms with E-state index in [9.17, 15) is 13.2 Å². The van der Waals surface area contributed by atoms with E-state index in [1.807, 2.05) is 80.6 Å². The predicted molar refractivity (Wildman–Crippen MR) is 129 cm³/mol. The molecule has 4 rings (SSSR count).